The van der Waals surface area contributed by atoms with E-state index < -0.39 is 0 Å². The molecule has 0 aliphatic carbocycles. The number of anilines is 1. The van der Waals surface area contributed by atoms with Crippen LogP contribution < -0.4 is 4.90 Å². The van der Waals surface area contributed by atoms with Crippen LogP contribution in [-0.2, 0) is 16.1 Å². The summed E-state index contributed by atoms with van der Waals surface area (Å²) in [6.07, 6.45) is 0. The first-order chi connectivity index (χ1) is 11.9. The van der Waals surface area contributed by atoms with Gasteiger partial charge in [-0.15, -0.1) is 0 Å². The van der Waals surface area contributed by atoms with Crippen LogP contribution in [0.2, 0.25) is 0 Å². The maximum Gasteiger partial charge on any atom is 0.243 e. The Hall–Kier alpha value is -2.62. The Kier molecular flexibility index (Phi) is 6.34. The smallest absolute Gasteiger partial charge is 0.243 e. The number of aryl methyl sites for hydroxylation is 1. The molecule has 2 aromatic rings. The van der Waals surface area contributed by atoms with Crippen molar-refractivity contribution in [2.75, 3.05) is 11.4 Å². The van der Waals surface area contributed by atoms with Crippen molar-refractivity contribution in [1.82, 2.24) is 4.90 Å². The van der Waals surface area contributed by atoms with Gasteiger partial charge in [0.15, 0.2) is 0 Å². The molecule has 0 aromatic heterocycles. The molecule has 0 bridgehead atoms. The fourth-order valence-corrected chi connectivity index (χ4v) is 2.80. The third kappa shape index (κ3) is 4.92. The van der Waals surface area contributed by atoms with Gasteiger partial charge in [0.05, 0.1) is 0 Å². The normalized spacial score (nSPS) is 10.6. The Bertz CT molecular complexity index is 726. The summed E-state index contributed by atoms with van der Waals surface area (Å²) in [4.78, 5) is 28.4. The van der Waals surface area contributed by atoms with Gasteiger partial charge in [-0.05, 0) is 38.0 Å². The van der Waals surface area contributed by atoms with Gasteiger partial charge in [0.2, 0.25) is 11.8 Å². The van der Waals surface area contributed by atoms with Gasteiger partial charge in [-0.2, -0.15) is 0 Å². The number of amides is 2. The van der Waals surface area contributed by atoms with E-state index in [9.17, 15) is 9.59 Å². The van der Waals surface area contributed by atoms with Gasteiger partial charge in [0.25, 0.3) is 0 Å². The molecule has 4 heteroatoms. The first-order valence-corrected chi connectivity index (χ1v) is 8.57. The van der Waals surface area contributed by atoms with Crippen LogP contribution in [0.5, 0.6) is 0 Å². The van der Waals surface area contributed by atoms with Crippen molar-refractivity contribution in [3.63, 3.8) is 0 Å². The highest BCUT2D eigenvalue weighted by Crippen LogP contribution is 2.20. The van der Waals surface area contributed by atoms with Crippen LogP contribution in [0.15, 0.2) is 54.6 Å². The molecular weight excluding hydrogens is 312 g/mol. The molecule has 0 spiro atoms. The highest BCUT2D eigenvalue weighted by Gasteiger charge is 2.23. The van der Waals surface area contributed by atoms with E-state index in [0.717, 1.165) is 16.8 Å². The van der Waals surface area contributed by atoms with Crippen molar-refractivity contribution in [3.8, 4) is 0 Å². The van der Waals surface area contributed by atoms with E-state index >= 15 is 0 Å². The molecule has 25 heavy (non-hydrogen) atoms. The molecule has 0 aliphatic rings. The molecule has 132 valence electrons. The topological polar surface area (TPSA) is 40.6 Å². The highest BCUT2D eigenvalue weighted by molar-refractivity contribution is 5.98. The zero-order chi connectivity index (χ0) is 18.4. The van der Waals surface area contributed by atoms with Crippen molar-refractivity contribution in [1.29, 1.82) is 0 Å². The maximum atomic E-state index is 12.9. The minimum absolute atomic E-state index is 0.0468. The molecule has 0 saturated heterocycles. The summed E-state index contributed by atoms with van der Waals surface area (Å²) in [6, 6.07) is 17.6. The van der Waals surface area contributed by atoms with E-state index in [-0.39, 0.29) is 24.4 Å². The maximum absolute atomic E-state index is 12.9. The van der Waals surface area contributed by atoms with Gasteiger partial charge < -0.3 is 9.80 Å². The minimum atomic E-state index is -0.133. The van der Waals surface area contributed by atoms with Crippen molar-refractivity contribution in [2.24, 2.45) is 0 Å². The van der Waals surface area contributed by atoms with Crippen molar-refractivity contribution in [2.45, 2.75) is 40.3 Å². The molecule has 2 aromatic carbocycles. The van der Waals surface area contributed by atoms with E-state index in [4.69, 9.17) is 0 Å². The SMILES string of the molecule is CC(=O)N(CC(=O)N(Cc1ccccc1)C(C)C)c1ccccc1C. The van der Waals surface area contributed by atoms with Gasteiger partial charge in [-0.1, -0.05) is 48.5 Å². The lowest BCUT2D eigenvalue weighted by molar-refractivity contribution is -0.133. The van der Waals surface area contributed by atoms with E-state index in [0.29, 0.717) is 6.54 Å². The molecule has 0 saturated carbocycles. The third-order valence-corrected chi connectivity index (χ3v) is 4.22. The van der Waals surface area contributed by atoms with E-state index in [2.05, 4.69) is 0 Å². The summed E-state index contributed by atoms with van der Waals surface area (Å²) >= 11 is 0. The molecule has 0 aliphatic heterocycles. The first-order valence-electron chi connectivity index (χ1n) is 8.57. The fourth-order valence-electron chi connectivity index (χ4n) is 2.80. The summed E-state index contributed by atoms with van der Waals surface area (Å²) in [5.41, 5.74) is 2.84. The average Bonchev–Trinajstić information content (AvgIpc) is 2.58. The largest absolute Gasteiger partial charge is 0.334 e. The van der Waals surface area contributed by atoms with Gasteiger partial charge in [0, 0.05) is 25.2 Å². The molecule has 2 amide bonds. The zero-order valence-corrected chi connectivity index (χ0v) is 15.4. The molecule has 0 radical (unpaired) electrons. The van der Waals surface area contributed by atoms with Crippen LogP contribution >= 0.6 is 0 Å². The van der Waals surface area contributed by atoms with Crippen LogP contribution in [0.4, 0.5) is 5.69 Å². The molecule has 0 fully saturated rings. The van der Waals surface area contributed by atoms with Crippen molar-refractivity contribution >= 4 is 17.5 Å². The standard InChI is InChI=1S/C21H26N2O2/c1-16(2)22(14-19-11-6-5-7-12-19)21(25)15-23(18(4)24)20-13-9-8-10-17(20)3/h5-13,16H,14-15H2,1-4H3. The molecular formula is C21H26N2O2. The van der Waals surface area contributed by atoms with E-state index in [1.165, 1.54) is 6.92 Å². The molecule has 0 atom stereocenters. The Balaban J connectivity index is 2.20. The molecule has 2 rings (SSSR count). The average molecular weight is 338 g/mol. The second-order valence-corrected chi connectivity index (χ2v) is 6.49. The van der Waals surface area contributed by atoms with Gasteiger partial charge in [-0.25, -0.2) is 0 Å². The van der Waals surface area contributed by atoms with Crippen LogP contribution in [0, 0.1) is 6.92 Å². The second kappa shape index (κ2) is 8.47. The van der Waals surface area contributed by atoms with Crippen molar-refractivity contribution < 1.29 is 9.59 Å². The number of hydrogen-bond donors (Lipinski definition) is 0. The number of hydrogen-bond acceptors (Lipinski definition) is 2. The van der Waals surface area contributed by atoms with E-state index in [1.807, 2.05) is 80.3 Å². The monoisotopic (exact) mass is 338 g/mol. The molecule has 0 heterocycles. The van der Waals surface area contributed by atoms with Crippen LogP contribution in [0.3, 0.4) is 0 Å². The Morgan fingerprint density at radius 1 is 0.960 bits per heavy atom. The summed E-state index contributed by atoms with van der Waals surface area (Å²) < 4.78 is 0. The lowest BCUT2D eigenvalue weighted by Gasteiger charge is -2.30. The summed E-state index contributed by atoms with van der Waals surface area (Å²) in [6.45, 7) is 8.01. The number of para-hydroxylation sites is 1. The molecule has 0 N–H and O–H groups in total. The lowest BCUT2D eigenvalue weighted by atomic mass is 10.1. The third-order valence-electron chi connectivity index (χ3n) is 4.22. The van der Waals surface area contributed by atoms with Gasteiger partial charge >= 0.3 is 0 Å². The Morgan fingerprint density at radius 2 is 1.56 bits per heavy atom. The zero-order valence-electron chi connectivity index (χ0n) is 15.4. The number of nitrogens with zero attached hydrogens (tertiary/aromatic N) is 2. The lowest BCUT2D eigenvalue weighted by Crippen LogP contribution is -2.45. The first kappa shape index (κ1) is 18.7. The predicted molar refractivity (Wildman–Crippen MR) is 101 cm³/mol. The number of rotatable bonds is 6. The van der Waals surface area contributed by atoms with Gasteiger partial charge in [0.1, 0.15) is 6.54 Å². The fraction of sp³-hybridized carbons (Fsp3) is 0.333. The Labute approximate surface area is 150 Å². The summed E-state index contributed by atoms with van der Waals surface area (Å²) in [7, 11) is 0. The van der Waals surface area contributed by atoms with Crippen molar-refractivity contribution in [3.05, 3.63) is 65.7 Å². The highest BCUT2D eigenvalue weighted by atomic mass is 16.2. The van der Waals surface area contributed by atoms with Gasteiger partial charge in [-0.3, -0.25) is 9.59 Å². The van der Waals surface area contributed by atoms with E-state index in [1.54, 1.807) is 4.90 Å². The number of carbonyl (C=O) groups is 2. The van der Waals surface area contributed by atoms with Crippen LogP contribution in [0.25, 0.3) is 0 Å². The quantitative estimate of drug-likeness (QED) is 0.804. The van der Waals surface area contributed by atoms with Crippen LogP contribution in [0.1, 0.15) is 31.9 Å². The second-order valence-electron chi connectivity index (χ2n) is 6.49. The summed E-state index contributed by atoms with van der Waals surface area (Å²) in [5, 5.41) is 0. The minimum Gasteiger partial charge on any atom is -0.334 e. The summed E-state index contributed by atoms with van der Waals surface area (Å²) in [5.74, 6) is -0.191. The molecule has 4 nitrogen and oxygen atoms in total. The number of carbonyl (C=O) groups excluding carboxylic acids is 2. The molecule has 0 unspecified atom stereocenters. The predicted octanol–water partition coefficient (Wildman–Crippen LogP) is 3.79. The Morgan fingerprint density at radius 3 is 2.12 bits per heavy atom. The van der Waals surface area contributed by atoms with Crippen LogP contribution in [-0.4, -0.2) is 29.3 Å². The number of benzene rings is 2.